The zero-order valence-corrected chi connectivity index (χ0v) is 13.5. The standard InChI is InChI=1S/C18H32N2O/c21-17(16-6-4-2-1-3-5-7-16)20-14-10-18(11-15-20)8-12-19-13-9-18/h16,19H,1-15H2. The number of nitrogens with one attached hydrogen (secondary N) is 1. The number of hydrogen-bond donors (Lipinski definition) is 1. The van der Waals surface area contributed by atoms with Crippen LogP contribution >= 0.6 is 0 Å². The van der Waals surface area contributed by atoms with Gasteiger partial charge in [0.05, 0.1) is 0 Å². The van der Waals surface area contributed by atoms with Crippen molar-refractivity contribution in [2.45, 2.75) is 70.6 Å². The molecule has 0 bridgehead atoms. The van der Waals surface area contributed by atoms with Crippen molar-refractivity contribution in [3.8, 4) is 0 Å². The first kappa shape index (κ1) is 15.3. The number of nitrogens with zero attached hydrogens (tertiary/aromatic N) is 1. The van der Waals surface area contributed by atoms with Crippen LogP contribution in [0.5, 0.6) is 0 Å². The van der Waals surface area contributed by atoms with E-state index in [0.29, 0.717) is 17.2 Å². The molecule has 2 saturated heterocycles. The zero-order chi connectivity index (χ0) is 14.5. The van der Waals surface area contributed by atoms with Gasteiger partial charge in [-0.1, -0.05) is 32.1 Å². The monoisotopic (exact) mass is 292 g/mol. The summed E-state index contributed by atoms with van der Waals surface area (Å²) in [5.41, 5.74) is 0.558. The number of hydrogen-bond acceptors (Lipinski definition) is 2. The van der Waals surface area contributed by atoms with E-state index in [0.717, 1.165) is 25.9 Å². The highest BCUT2D eigenvalue weighted by Gasteiger charge is 2.37. The van der Waals surface area contributed by atoms with Crippen molar-refractivity contribution in [3.63, 3.8) is 0 Å². The average Bonchev–Trinajstić information content (AvgIpc) is 2.48. The maximum Gasteiger partial charge on any atom is 0.225 e. The van der Waals surface area contributed by atoms with Gasteiger partial charge in [-0.25, -0.2) is 0 Å². The van der Waals surface area contributed by atoms with Gasteiger partial charge >= 0.3 is 0 Å². The summed E-state index contributed by atoms with van der Waals surface area (Å²) in [6.07, 6.45) is 14.0. The van der Waals surface area contributed by atoms with Gasteiger partial charge in [0.2, 0.25) is 5.91 Å². The first-order chi connectivity index (χ1) is 10.3. The molecule has 3 fully saturated rings. The third-order valence-corrected chi connectivity index (χ3v) is 6.25. The van der Waals surface area contributed by atoms with Crippen LogP contribution in [0.4, 0.5) is 0 Å². The van der Waals surface area contributed by atoms with E-state index in [1.807, 2.05) is 0 Å². The molecule has 1 spiro atoms. The Morgan fingerprint density at radius 1 is 0.857 bits per heavy atom. The van der Waals surface area contributed by atoms with Gasteiger partial charge in [0.25, 0.3) is 0 Å². The number of piperidine rings is 2. The van der Waals surface area contributed by atoms with Crippen molar-refractivity contribution in [2.75, 3.05) is 26.2 Å². The van der Waals surface area contributed by atoms with E-state index < -0.39 is 0 Å². The smallest absolute Gasteiger partial charge is 0.225 e. The Morgan fingerprint density at radius 2 is 1.43 bits per heavy atom. The second-order valence-electron chi connectivity index (χ2n) is 7.62. The lowest BCUT2D eigenvalue weighted by Crippen LogP contribution is -2.48. The molecule has 2 aliphatic heterocycles. The van der Waals surface area contributed by atoms with Gasteiger partial charge in [0, 0.05) is 19.0 Å². The minimum Gasteiger partial charge on any atom is -0.342 e. The number of rotatable bonds is 1. The maximum atomic E-state index is 12.8. The molecule has 1 N–H and O–H groups in total. The molecule has 1 amide bonds. The lowest BCUT2D eigenvalue weighted by Gasteiger charge is -2.45. The van der Waals surface area contributed by atoms with Gasteiger partial charge in [0.1, 0.15) is 0 Å². The minimum atomic E-state index is 0.340. The highest BCUT2D eigenvalue weighted by atomic mass is 16.2. The Bertz CT molecular complexity index is 331. The number of carbonyl (C=O) groups is 1. The molecule has 3 aliphatic rings. The van der Waals surface area contributed by atoms with Crippen molar-refractivity contribution in [1.82, 2.24) is 10.2 Å². The lowest BCUT2D eigenvalue weighted by molar-refractivity contribution is -0.138. The quantitative estimate of drug-likeness (QED) is 0.804. The van der Waals surface area contributed by atoms with Crippen molar-refractivity contribution in [2.24, 2.45) is 11.3 Å². The van der Waals surface area contributed by atoms with Gasteiger partial charge < -0.3 is 10.2 Å². The Morgan fingerprint density at radius 3 is 2.05 bits per heavy atom. The number of amides is 1. The molecule has 0 unspecified atom stereocenters. The molecule has 0 aromatic heterocycles. The summed E-state index contributed by atoms with van der Waals surface area (Å²) >= 11 is 0. The van der Waals surface area contributed by atoms with Crippen LogP contribution in [0.25, 0.3) is 0 Å². The van der Waals surface area contributed by atoms with Gasteiger partial charge in [-0.15, -0.1) is 0 Å². The predicted molar refractivity (Wildman–Crippen MR) is 86.2 cm³/mol. The van der Waals surface area contributed by atoms with Crippen LogP contribution < -0.4 is 5.32 Å². The fourth-order valence-corrected chi connectivity index (χ4v) is 4.62. The van der Waals surface area contributed by atoms with Crippen LogP contribution in [-0.2, 0) is 4.79 Å². The summed E-state index contributed by atoms with van der Waals surface area (Å²) in [5.74, 6) is 0.827. The molecular formula is C18H32N2O. The second kappa shape index (κ2) is 7.13. The number of carbonyl (C=O) groups excluding carboxylic acids is 1. The lowest BCUT2D eigenvalue weighted by atomic mass is 9.71. The van der Waals surface area contributed by atoms with Gasteiger partial charge in [-0.05, 0) is 57.0 Å². The first-order valence-electron chi connectivity index (χ1n) is 9.29. The van der Waals surface area contributed by atoms with Crippen molar-refractivity contribution in [3.05, 3.63) is 0 Å². The molecule has 21 heavy (non-hydrogen) atoms. The van der Waals surface area contributed by atoms with Crippen LogP contribution in [0.2, 0.25) is 0 Å². The van der Waals surface area contributed by atoms with Crippen LogP contribution in [0.15, 0.2) is 0 Å². The van der Waals surface area contributed by atoms with Gasteiger partial charge in [0.15, 0.2) is 0 Å². The molecule has 0 atom stereocenters. The fraction of sp³-hybridized carbons (Fsp3) is 0.944. The normalized spacial score (nSPS) is 28.1. The van der Waals surface area contributed by atoms with E-state index in [4.69, 9.17) is 0 Å². The van der Waals surface area contributed by atoms with Crippen LogP contribution in [0, 0.1) is 11.3 Å². The second-order valence-corrected chi connectivity index (χ2v) is 7.62. The topological polar surface area (TPSA) is 32.3 Å². The molecular weight excluding hydrogens is 260 g/mol. The molecule has 1 saturated carbocycles. The van der Waals surface area contributed by atoms with Crippen molar-refractivity contribution in [1.29, 1.82) is 0 Å². The molecule has 3 heteroatoms. The van der Waals surface area contributed by atoms with E-state index in [1.54, 1.807) is 0 Å². The van der Waals surface area contributed by atoms with Crippen LogP contribution in [-0.4, -0.2) is 37.0 Å². The van der Waals surface area contributed by atoms with Crippen LogP contribution in [0.1, 0.15) is 70.6 Å². The van der Waals surface area contributed by atoms with E-state index in [-0.39, 0.29) is 0 Å². The third kappa shape index (κ3) is 3.80. The molecule has 1 aliphatic carbocycles. The SMILES string of the molecule is O=C(C1CCCCCCC1)N1CCC2(CCNCC2)CC1. The molecule has 0 aromatic rings. The zero-order valence-electron chi connectivity index (χ0n) is 13.5. The molecule has 3 nitrogen and oxygen atoms in total. The molecule has 2 heterocycles. The molecule has 0 aromatic carbocycles. The largest absolute Gasteiger partial charge is 0.342 e. The summed E-state index contributed by atoms with van der Waals surface area (Å²) < 4.78 is 0. The summed E-state index contributed by atoms with van der Waals surface area (Å²) in [5, 5.41) is 3.47. The summed E-state index contributed by atoms with van der Waals surface area (Å²) in [4.78, 5) is 15.0. The third-order valence-electron chi connectivity index (χ3n) is 6.25. The Labute approximate surface area is 129 Å². The van der Waals surface area contributed by atoms with E-state index in [2.05, 4.69) is 10.2 Å². The molecule has 3 rings (SSSR count). The molecule has 0 radical (unpaired) electrons. The maximum absolute atomic E-state index is 12.8. The van der Waals surface area contributed by atoms with Gasteiger partial charge in [-0.2, -0.15) is 0 Å². The average molecular weight is 292 g/mol. The highest BCUT2D eigenvalue weighted by Crippen LogP contribution is 2.40. The minimum absolute atomic E-state index is 0.340. The summed E-state index contributed by atoms with van der Waals surface area (Å²) in [7, 11) is 0. The van der Waals surface area contributed by atoms with E-state index in [9.17, 15) is 4.79 Å². The number of likely N-dealkylation sites (tertiary alicyclic amines) is 1. The van der Waals surface area contributed by atoms with E-state index >= 15 is 0 Å². The van der Waals surface area contributed by atoms with Crippen molar-refractivity contribution < 1.29 is 4.79 Å². The highest BCUT2D eigenvalue weighted by molar-refractivity contribution is 5.79. The summed E-state index contributed by atoms with van der Waals surface area (Å²) in [6, 6.07) is 0. The van der Waals surface area contributed by atoms with Gasteiger partial charge in [-0.3, -0.25) is 4.79 Å². The predicted octanol–water partition coefficient (Wildman–Crippen LogP) is 3.34. The van der Waals surface area contributed by atoms with E-state index in [1.165, 1.54) is 70.9 Å². The Balaban J connectivity index is 1.51. The fourth-order valence-electron chi connectivity index (χ4n) is 4.62. The van der Waals surface area contributed by atoms with Crippen molar-refractivity contribution >= 4 is 5.91 Å². The summed E-state index contributed by atoms with van der Waals surface area (Å²) in [6.45, 7) is 4.40. The van der Waals surface area contributed by atoms with Crippen LogP contribution in [0.3, 0.4) is 0 Å². The Kier molecular flexibility index (Phi) is 5.20. The first-order valence-corrected chi connectivity index (χ1v) is 9.29. The Hall–Kier alpha value is -0.570. The molecule has 120 valence electrons.